The van der Waals surface area contributed by atoms with Crippen molar-refractivity contribution in [3.05, 3.63) is 71.5 Å². The molecule has 2 atom stereocenters. The van der Waals surface area contributed by atoms with E-state index >= 15 is 0 Å². The van der Waals surface area contributed by atoms with E-state index in [2.05, 4.69) is 10.6 Å². The molecule has 0 heterocycles. The van der Waals surface area contributed by atoms with Gasteiger partial charge >= 0.3 is 5.97 Å². The van der Waals surface area contributed by atoms with Crippen molar-refractivity contribution in [2.75, 3.05) is 7.11 Å². The van der Waals surface area contributed by atoms with Crippen molar-refractivity contribution in [2.24, 2.45) is 0 Å². The smallest absolute Gasteiger partial charge is 0.328 e. The van der Waals surface area contributed by atoms with E-state index < -0.39 is 35.7 Å². The Balaban J connectivity index is 2.03. The van der Waals surface area contributed by atoms with Crippen LogP contribution in [0.25, 0.3) is 0 Å². The maximum atomic E-state index is 13.5. The van der Waals surface area contributed by atoms with Crippen molar-refractivity contribution in [3.63, 3.8) is 0 Å². The quantitative estimate of drug-likeness (QED) is 0.585. The predicted molar refractivity (Wildman–Crippen MR) is 111 cm³/mol. The molecule has 0 aromatic heterocycles. The lowest BCUT2D eigenvalue weighted by molar-refractivity contribution is -0.145. The molecule has 0 bridgehead atoms. The maximum Gasteiger partial charge on any atom is 0.328 e. The van der Waals surface area contributed by atoms with Gasteiger partial charge in [0.25, 0.3) is 0 Å². The van der Waals surface area contributed by atoms with Crippen molar-refractivity contribution in [3.8, 4) is 0 Å². The Morgan fingerprint density at radius 2 is 1.67 bits per heavy atom. The number of methoxy groups -OCH3 is 1. The largest absolute Gasteiger partial charge is 0.467 e. The van der Waals surface area contributed by atoms with Crippen LogP contribution in [-0.4, -0.2) is 37.0 Å². The van der Waals surface area contributed by atoms with Crippen LogP contribution in [0.15, 0.2) is 54.6 Å². The lowest BCUT2D eigenvalue weighted by Crippen LogP contribution is -2.52. The number of carbonyl (C=O) groups excluding carboxylic acids is 3. The van der Waals surface area contributed by atoms with E-state index in [1.54, 1.807) is 6.07 Å². The van der Waals surface area contributed by atoms with Crippen LogP contribution in [-0.2, 0) is 32.0 Å². The van der Waals surface area contributed by atoms with Crippen LogP contribution in [0.3, 0.4) is 0 Å². The Hall–Kier alpha value is -3.22. The summed E-state index contributed by atoms with van der Waals surface area (Å²) in [5.74, 6) is -1.90. The fourth-order valence-corrected chi connectivity index (χ4v) is 3.17. The highest BCUT2D eigenvalue weighted by Gasteiger charge is 2.26. The number of rotatable bonds is 10. The summed E-state index contributed by atoms with van der Waals surface area (Å²) in [4.78, 5) is 36.5. The Morgan fingerprint density at radius 3 is 2.30 bits per heavy atom. The van der Waals surface area contributed by atoms with Crippen molar-refractivity contribution in [2.45, 2.75) is 44.7 Å². The molecular formula is C23H27FN2O4. The van der Waals surface area contributed by atoms with Gasteiger partial charge in [-0.05, 0) is 42.5 Å². The van der Waals surface area contributed by atoms with Gasteiger partial charge in [0.1, 0.15) is 17.9 Å². The van der Waals surface area contributed by atoms with Crippen LogP contribution in [0, 0.1) is 5.82 Å². The highest BCUT2D eigenvalue weighted by Crippen LogP contribution is 2.10. The van der Waals surface area contributed by atoms with Gasteiger partial charge in [-0.15, -0.1) is 0 Å². The van der Waals surface area contributed by atoms with Gasteiger partial charge in [-0.2, -0.15) is 0 Å². The molecule has 2 aromatic carbocycles. The van der Waals surface area contributed by atoms with Crippen LogP contribution >= 0.6 is 0 Å². The highest BCUT2D eigenvalue weighted by molar-refractivity contribution is 5.90. The molecule has 0 saturated carbocycles. The minimum absolute atomic E-state index is 0.0983. The molecule has 0 spiro atoms. The van der Waals surface area contributed by atoms with Gasteiger partial charge in [0, 0.05) is 13.3 Å². The van der Waals surface area contributed by atoms with E-state index in [4.69, 9.17) is 4.74 Å². The Morgan fingerprint density at radius 1 is 0.967 bits per heavy atom. The van der Waals surface area contributed by atoms with Gasteiger partial charge in [-0.3, -0.25) is 9.59 Å². The van der Waals surface area contributed by atoms with Crippen LogP contribution in [0.1, 0.15) is 30.9 Å². The number of halogens is 1. The second kappa shape index (κ2) is 11.7. The second-order valence-electron chi connectivity index (χ2n) is 7.05. The standard InChI is InChI=1S/C23H27FN2O4/c1-16(27)25-21(15-18-11-6-12-19(24)14-18)22(28)26-20(23(29)30-2)13-7-10-17-8-4-3-5-9-17/h3-6,8-9,11-12,14,20-21H,7,10,13,15H2,1-2H3,(H,25,27)(H,26,28)/t20-,21-/m0/s1. The molecule has 0 fully saturated rings. The summed E-state index contributed by atoms with van der Waals surface area (Å²) in [6.45, 7) is 1.30. The number of nitrogens with one attached hydrogen (secondary N) is 2. The van der Waals surface area contributed by atoms with Crippen LogP contribution in [0.4, 0.5) is 4.39 Å². The topological polar surface area (TPSA) is 84.5 Å². The first-order valence-corrected chi connectivity index (χ1v) is 9.82. The summed E-state index contributed by atoms with van der Waals surface area (Å²) >= 11 is 0. The average Bonchev–Trinajstić information content (AvgIpc) is 2.72. The molecule has 30 heavy (non-hydrogen) atoms. The van der Waals surface area contributed by atoms with Gasteiger partial charge in [-0.1, -0.05) is 42.5 Å². The molecule has 2 rings (SSSR count). The lowest BCUT2D eigenvalue weighted by Gasteiger charge is -2.22. The van der Waals surface area contributed by atoms with E-state index in [9.17, 15) is 18.8 Å². The molecule has 0 saturated heterocycles. The predicted octanol–water partition coefficient (Wildman–Crippen LogP) is 2.55. The number of amides is 2. The van der Waals surface area contributed by atoms with Gasteiger partial charge in [0.05, 0.1) is 7.11 Å². The summed E-state index contributed by atoms with van der Waals surface area (Å²) < 4.78 is 18.3. The number of carbonyl (C=O) groups is 3. The molecule has 7 heteroatoms. The summed E-state index contributed by atoms with van der Waals surface area (Å²) in [7, 11) is 1.26. The van der Waals surface area contributed by atoms with Crippen LogP contribution in [0.2, 0.25) is 0 Å². The van der Waals surface area contributed by atoms with Crippen molar-refractivity contribution in [1.29, 1.82) is 0 Å². The van der Waals surface area contributed by atoms with Crippen molar-refractivity contribution in [1.82, 2.24) is 10.6 Å². The Kier molecular flexibility index (Phi) is 9.00. The second-order valence-corrected chi connectivity index (χ2v) is 7.05. The fraction of sp³-hybridized carbons (Fsp3) is 0.348. The first-order valence-electron chi connectivity index (χ1n) is 9.82. The summed E-state index contributed by atoms with van der Waals surface area (Å²) in [5.41, 5.74) is 1.69. The number of benzene rings is 2. The van der Waals surface area contributed by atoms with Gasteiger partial charge in [0.2, 0.25) is 11.8 Å². The van der Waals surface area contributed by atoms with Gasteiger partial charge < -0.3 is 15.4 Å². The molecule has 2 amide bonds. The molecule has 0 unspecified atom stereocenters. The first kappa shape index (κ1) is 23.1. The Labute approximate surface area is 175 Å². The van der Waals surface area contributed by atoms with E-state index in [0.29, 0.717) is 18.4 Å². The number of esters is 1. The molecule has 0 aliphatic carbocycles. The zero-order valence-corrected chi connectivity index (χ0v) is 17.2. The van der Waals surface area contributed by atoms with Crippen LogP contribution in [0.5, 0.6) is 0 Å². The van der Waals surface area contributed by atoms with Crippen molar-refractivity contribution >= 4 is 17.8 Å². The number of hydrogen-bond donors (Lipinski definition) is 2. The zero-order valence-electron chi connectivity index (χ0n) is 17.2. The Bertz CT molecular complexity index is 857. The summed E-state index contributed by atoms with van der Waals surface area (Å²) in [6, 6.07) is 13.9. The SMILES string of the molecule is COC(=O)[C@H](CCCc1ccccc1)NC(=O)[C@H](Cc1cccc(F)c1)NC(C)=O. The number of ether oxygens (including phenoxy) is 1. The molecular weight excluding hydrogens is 387 g/mol. The van der Waals surface area contributed by atoms with Crippen LogP contribution < -0.4 is 10.6 Å². The van der Waals surface area contributed by atoms with Gasteiger partial charge in [-0.25, -0.2) is 9.18 Å². The average molecular weight is 414 g/mol. The molecule has 160 valence electrons. The fourth-order valence-electron chi connectivity index (χ4n) is 3.17. The molecule has 0 aliphatic rings. The maximum absolute atomic E-state index is 13.5. The third-order valence-electron chi connectivity index (χ3n) is 4.63. The molecule has 0 aliphatic heterocycles. The molecule has 2 aromatic rings. The summed E-state index contributed by atoms with van der Waals surface area (Å²) in [6.07, 6.45) is 1.91. The zero-order chi connectivity index (χ0) is 21.9. The minimum Gasteiger partial charge on any atom is -0.467 e. The molecule has 0 radical (unpaired) electrons. The normalized spacial score (nSPS) is 12.5. The number of hydrogen-bond acceptors (Lipinski definition) is 4. The van der Waals surface area contributed by atoms with Gasteiger partial charge in [0.15, 0.2) is 0 Å². The van der Waals surface area contributed by atoms with Crippen molar-refractivity contribution < 1.29 is 23.5 Å². The third kappa shape index (κ3) is 7.66. The highest BCUT2D eigenvalue weighted by atomic mass is 19.1. The van der Waals surface area contributed by atoms with E-state index in [-0.39, 0.29) is 6.42 Å². The minimum atomic E-state index is -0.939. The summed E-state index contributed by atoms with van der Waals surface area (Å²) in [5, 5.41) is 5.24. The van der Waals surface area contributed by atoms with E-state index in [1.807, 2.05) is 30.3 Å². The first-order chi connectivity index (χ1) is 14.4. The van der Waals surface area contributed by atoms with E-state index in [0.717, 1.165) is 12.0 Å². The molecule has 6 nitrogen and oxygen atoms in total. The third-order valence-corrected chi connectivity index (χ3v) is 4.63. The van der Waals surface area contributed by atoms with E-state index in [1.165, 1.54) is 32.2 Å². The monoisotopic (exact) mass is 414 g/mol. The lowest BCUT2D eigenvalue weighted by atomic mass is 10.0. The number of aryl methyl sites for hydroxylation is 1. The molecule has 2 N–H and O–H groups in total.